The molecule has 0 saturated heterocycles. The largest absolute Gasteiger partial charge is 0.465 e. The number of rotatable bonds is 0. The number of hydrogen-bond acceptors (Lipinski definition) is 1. The summed E-state index contributed by atoms with van der Waals surface area (Å²) in [4.78, 5) is 12.3. The molecule has 1 aromatic carbocycles. The molecule has 0 saturated carbocycles. The fraction of sp³-hybridized carbons (Fsp3) is 0.222. The van der Waals surface area contributed by atoms with Gasteiger partial charge in [-0.3, -0.25) is 4.90 Å². The van der Waals surface area contributed by atoms with Gasteiger partial charge in [0.15, 0.2) is 0 Å². The van der Waals surface area contributed by atoms with Crippen molar-refractivity contribution in [2.24, 2.45) is 0 Å². The van der Waals surface area contributed by atoms with Gasteiger partial charge in [0.1, 0.15) is 0 Å². The first-order valence-corrected chi connectivity index (χ1v) is 5.19. The number of benzene rings is 1. The van der Waals surface area contributed by atoms with Crippen LogP contribution in [0, 0.1) is 0 Å². The first-order chi connectivity index (χ1) is 6.20. The first kappa shape index (κ1) is 8.80. The van der Waals surface area contributed by atoms with E-state index in [9.17, 15) is 4.79 Å². The summed E-state index contributed by atoms with van der Waals surface area (Å²) in [5, 5.41) is 8.95. The predicted molar refractivity (Wildman–Crippen MR) is 58.5 cm³/mol. The van der Waals surface area contributed by atoms with Gasteiger partial charge in [-0.15, -0.1) is 0 Å². The molecule has 2 rings (SSSR count). The smallest absolute Gasteiger partial charge is 0.412 e. The summed E-state index contributed by atoms with van der Waals surface area (Å²) in [6.45, 7) is 0. The molecule has 1 aliphatic heterocycles. The van der Waals surface area contributed by atoms with Gasteiger partial charge < -0.3 is 5.11 Å². The number of carboxylic acid groups (broad SMARTS) is 1. The molecular formula is C9H8INO2. The predicted octanol–water partition coefficient (Wildman–Crippen LogP) is 2.49. The monoisotopic (exact) mass is 289 g/mol. The highest BCUT2D eigenvalue weighted by atomic mass is 127. The van der Waals surface area contributed by atoms with Gasteiger partial charge in [0.2, 0.25) is 0 Å². The lowest BCUT2D eigenvalue weighted by Crippen LogP contribution is -2.32. The summed E-state index contributed by atoms with van der Waals surface area (Å²) in [6, 6.07) is 7.63. The Hall–Kier alpha value is -0.780. The van der Waals surface area contributed by atoms with Crippen LogP contribution < -0.4 is 4.90 Å². The van der Waals surface area contributed by atoms with Gasteiger partial charge in [0.05, 0.1) is 9.74 Å². The number of amides is 1. The van der Waals surface area contributed by atoms with Gasteiger partial charge in [-0.05, 0) is 11.6 Å². The molecule has 0 aliphatic carbocycles. The third kappa shape index (κ3) is 1.39. The highest BCUT2D eigenvalue weighted by Crippen LogP contribution is 2.34. The summed E-state index contributed by atoms with van der Waals surface area (Å²) in [5.41, 5.74) is 1.94. The van der Waals surface area contributed by atoms with Crippen LogP contribution >= 0.6 is 22.6 Å². The van der Waals surface area contributed by atoms with Gasteiger partial charge in [0.25, 0.3) is 0 Å². The summed E-state index contributed by atoms with van der Waals surface area (Å²) in [7, 11) is 0. The summed E-state index contributed by atoms with van der Waals surface area (Å²) in [5.74, 6) is 0. The minimum atomic E-state index is -0.871. The molecule has 68 valence electrons. The van der Waals surface area contributed by atoms with Crippen LogP contribution in [0.1, 0.15) is 5.56 Å². The van der Waals surface area contributed by atoms with Crippen LogP contribution in [0.25, 0.3) is 0 Å². The normalized spacial score (nSPS) is 20.1. The maximum Gasteiger partial charge on any atom is 0.412 e. The molecule has 1 N–H and O–H groups in total. The van der Waals surface area contributed by atoms with Gasteiger partial charge >= 0.3 is 6.09 Å². The van der Waals surface area contributed by atoms with E-state index in [0.29, 0.717) is 0 Å². The zero-order valence-corrected chi connectivity index (χ0v) is 8.93. The number of nitrogens with zero attached hydrogens (tertiary/aromatic N) is 1. The molecule has 1 atom stereocenters. The van der Waals surface area contributed by atoms with Gasteiger partial charge in [-0.2, -0.15) is 0 Å². The van der Waals surface area contributed by atoms with Crippen LogP contribution in [0.2, 0.25) is 0 Å². The van der Waals surface area contributed by atoms with Crippen LogP contribution in [0.15, 0.2) is 24.3 Å². The summed E-state index contributed by atoms with van der Waals surface area (Å²) >= 11 is 2.15. The third-order valence-electron chi connectivity index (χ3n) is 2.13. The molecule has 1 heterocycles. The van der Waals surface area contributed by atoms with E-state index in [1.165, 1.54) is 4.90 Å². The second-order valence-electron chi connectivity index (χ2n) is 2.92. The molecule has 0 radical (unpaired) electrons. The van der Waals surface area contributed by atoms with Crippen molar-refractivity contribution in [3.05, 3.63) is 29.8 Å². The third-order valence-corrected chi connectivity index (χ3v) is 3.12. The number of alkyl halides is 1. The van der Waals surface area contributed by atoms with Crippen molar-refractivity contribution < 1.29 is 9.90 Å². The number of carbonyl (C=O) groups is 1. The van der Waals surface area contributed by atoms with Crippen molar-refractivity contribution in [2.75, 3.05) is 4.90 Å². The molecule has 13 heavy (non-hydrogen) atoms. The standard InChI is InChI=1S/C9H8INO2/c10-8-5-6-3-1-2-4-7(6)11(8)9(12)13/h1-4,8H,5H2,(H,12,13). The maximum atomic E-state index is 10.9. The number of halogens is 1. The van der Waals surface area contributed by atoms with Crippen LogP contribution in [-0.4, -0.2) is 15.2 Å². The molecule has 1 amide bonds. The van der Waals surface area contributed by atoms with Crippen molar-refractivity contribution in [3.63, 3.8) is 0 Å². The molecule has 1 aliphatic rings. The topological polar surface area (TPSA) is 40.5 Å². The Kier molecular flexibility index (Phi) is 2.15. The van der Waals surface area contributed by atoms with Crippen molar-refractivity contribution in [3.8, 4) is 0 Å². The zero-order valence-electron chi connectivity index (χ0n) is 6.77. The van der Waals surface area contributed by atoms with Gasteiger partial charge in [0, 0.05) is 6.42 Å². The average molecular weight is 289 g/mol. The Morgan fingerprint density at radius 1 is 1.54 bits per heavy atom. The van der Waals surface area contributed by atoms with E-state index >= 15 is 0 Å². The second-order valence-corrected chi connectivity index (χ2v) is 4.36. The fourth-order valence-corrected chi connectivity index (χ4v) is 2.58. The minimum Gasteiger partial charge on any atom is -0.465 e. The summed E-state index contributed by atoms with van der Waals surface area (Å²) < 4.78 is 0.0347. The van der Waals surface area contributed by atoms with Crippen LogP contribution in [-0.2, 0) is 6.42 Å². The van der Waals surface area contributed by atoms with Gasteiger partial charge in [-0.25, -0.2) is 4.79 Å². The fourth-order valence-electron chi connectivity index (χ4n) is 1.57. The van der Waals surface area contributed by atoms with E-state index in [1.807, 2.05) is 24.3 Å². The van der Waals surface area contributed by atoms with E-state index in [4.69, 9.17) is 5.11 Å². The second kappa shape index (κ2) is 3.17. The molecule has 0 aromatic heterocycles. The van der Waals surface area contributed by atoms with Crippen molar-refractivity contribution in [2.45, 2.75) is 10.5 Å². The van der Waals surface area contributed by atoms with Gasteiger partial charge in [-0.1, -0.05) is 40.8 Å². The lowest BCUT2D eigenvalue weighted by atomic mass is 10.2. The van der Waals surface area contributed by atoms with E-state index in [1.54, 1.807) is 0 Å². The molecule has 4 heteroatoms. The number of hydrogen-bond donors (Lipinski definition) is 1. The SMILES string of the molecule is O=C(O)N1c2ccccc2CC1I. The molecule has 1 unspecified atom stereocenters. The number of para-hydroxylation sites is 1. The van der Waals surface area contributed by atoms with E-state index < -0.39 is 6.09 Å². The maximum absolute atomic E-state index is 10.9. The first-order valence-electron chi connectivity index (χ1n) is 3.94. The quantitative estimate of drug-likeness (QED) is 0.453. The lowest BCUT2D eigenvalue weighted by Gasteiger charge is -2.16. The van der Waals surface area contributed by atoms with Crippen LogP contribution in [0.4, 0.5) is 10.5 Å². The van der Waals surface area contributed by atoms with E-state index in [2.05, 4.69) is 22.6 Å². The number of anilines is 1. The highest BCUT2D eigenvalue weighted by molar-refractivity contribution is 14.1. The molecule has 0 spiro atoms. The number of fused-ring (bicyclic) bond motifs is 1. The Balaban J connectivity index is 2.46. The summed E-state index contributed by atoms with van der Waals surface area (Å²) in [6.07, 6.45) is -0.0624. The van der Waals surface area contributed by atoms with Crippen molar-refractivity contribution >= 4 is 34.4 Å². The van der Waals surface area contributed by atoms with Crippen LogP contribution in [0.3, 0.4) is 0 Å². The van der Waals surface area contributed by atoms with Crippen molar-refractivity contribution in [1.29, 1.82) is 0 Å². The average Bonchev–Trinajstić information content (AvgIpc) is 2.39. The minimum absolute atomic E-state index is 0.0347. The molecule has 0 bridgehead atoms. The lowest BCUT2D eigenvalue weighted by molar-refractivity contribution is 0.202. The molecule has 3 nitrogen and oxygen atoms in total. The Morgan fingerprint density at radius 3 is 2.92 bits per heavy atom. The Morgan fingerprint density at radius 2 is 2.23 bits per heavy atom. The Bertz CT molecular complexity index is 353. The zero-order chi connectivity index (χ0) is 9.42. The van der Waals surface area contributed by atoms with Crippen LogP contribution in [0.5, 0.6) is 0 Å². The van der Waals surface area contributed by atoms with E-state index in [0.717, 1.165) is 17.7 Å². The molecule has 0 fully saturated rings. The van der Waals surface area contributed by atoms with Crippen molar-refractivity contribution in [1.82, 2.24) is 0 Å². The molecule has 1 aromatic rings. The molecular weight excluding hydrogens is 281 g/mol. The highest BCUT2D eigenvalue weighted by Gasteiger charge is 2.31. The Labute approximate surface area is 89.5 Å². The van der Waals surface area contributed by atoms with E-state index in [-0.39, 0.29) is 4.05 Å².